The van der Waals surface area contributed by atoms with Gasteiger partial charge >= 0.3 is 6.18 Å². The largest absolute Gasteiger partial charge is 0.416 e. The molecule has 29 heavy (non-hydrogen) atoms. The predicted octanol–water partition coefficient (Wildman–Crippen LogP) is 4.63. The zero-order valence-electron chi connectivity index (χ0n) is 15.4. The molecule has 1 amide bonds. The molecule has 1 unspecified atom stereocenters. The quantitative estimate of drug-likeness (QED) is 0.526. The number of nitrogens with zero attached hydrogens (tertiary/aromatic N) is 2. The number of nitrogens with one attached hydrogen (secondary N) is 1. The summed E-state index contributed by atoms with van der Waals surface area (Å²) in [5, 5.41) is 5.35. The number of rotatable bonds is 4. The van der Waals surface area contributed by atoms with Crippen LogP contribution in [0.5, 0.6) is 0 Å². The number of primary amides is 1. The smallest absolute Gasteiger partial charge is 0.369 e. The van der Waals surface area contributed by atoms with Crippen LogP contribution in [0, 0.1) is 0 Å². The fourth-order valence-corrected chi connectivity index (χ4v) is 3.24. The molecule has 148 valence electrons. The van der Waals surface area contributed by atoms with Crippen molar-refractivity contribution in [2.24, 2.45) is 5.73 Å². The minimum atomic E-state index is -4.38. The Morgan fingerprint density at radius 3 is 2.52 bits per heavy atom. The summed E-state index contributed by atoms with van der Waals surface area (Å²) in [6, 6.07) is 12.3. The lowest BCUT2D eigenvalue weighted by Crippen LogP contribution is -2.18. The molecule has 0 aliphatic heterocycles. The number of carbonyl (C=O) groups is 1. The minimum Gasteiger partial charge on any atom is -0.369 e. The number of hydrogen-bond donors (Lipinski definition) is 2. The molecule has 3 N–H and O–H groups in total. The summed E-state index contributed by atoms with van der Waals surface area (Å²) in [6.07, 6.45) is -0.920. The topological polar surface area (TPSA) is 76.7 Å². The zero-order valence-corrected chi connectivity index (χ0v) is 15.4. The molecule has 2 heterocycles. The SMILES string of the molecule is CC(C(N)=O)c1c[nH]c2ccc(-c3ccn(-c4ccc(C(F)(F)F)cc4)n3)cc12. The first kappa shape index (κ1) is 18.8. The number of halogens is 3. The van der Waals surface area contributed by atoms with Gasteiger partial charge in [-0.3, -0.25) is 4.79 Å². The summed E-state index contributed by atoms with van der Waals surface area (Å²) in [7, 11) is 0. The molecule has 1 atom stereocenters. The molecule has 4 aromatic rings. The highest BCUT2D eigenvalue weighted by atomic mass is 19.4. The van der Waals surface area contributed by atoms with Crippen LogP contribution in [0.4, 0.5) is 13.2 Å². The van der Waals surface area contributed by atoms with Gasteiger partial charge in [-0.15, -0.1) is 0 Å². The van der Waals surface area contributed by atoms with E-state index < -0.39 is 23.6 Å². The molecule has 0 fully saturated rings. The first-order chi connectivity index (χ1) is 13.7. The second kappa shape index (κ2) is 6.80. The van der Waals surface area contributed by atoms with Gasteiger partial charge in [-0.05, 0) is 55.0 Å². The third-order valence-electron chi connectivity index (χ3n) is 4.95. The lowest BCUT2D eigenvalue weighted by molar-refractivity contribution is -0.137. The second-order valence-electron chi connectivity index (χ2n) is 6.82. The van der Waals surface area contributed by atoms with Gasteiger partial charge < -0.3 is 10.7 Å². The van der Waals surface area contributed by atoms with Gasteiger partial charge in [-0.1, -0.05) is 6.07 Å². The normalized spacial score (nSPS) is 13.0. The van der Waals surface area contributed by atoms with Crippen molar-refractivity contribution in [2.45, 2.75) is 19.0 Å². The van der Waals surface area contributed by atoms with E-state index in [1.165, 1.54) is 16.8 Å². The fraction of sp³-hybridized carbons (Fsp3) is 0.143. The number of aromatic amines is 1. The minimum absolute atomic E-state index is 0.414. The standard InChI is InChI=1S/C21H17F3N4O/c1-12(20(25)29)17-11-26-19-7-2-13(10-16(17)19)18-8-9-28(27-18)15-5-3-14(4-6-15)21(22,23)24/h2-12,26H,1H3,(H2,25,29). The number of hydrogen-bond acceptors (Lipinski definition) is 2. The van der Waals surface area contributed by atoms with Crippen LogP contribution in [0.25, 0.3) is 27.8 Å². The average Bonchev–Trinajstić information content (AvgIpc) is 3.33. The molecule has 0 bridgehead atoms. The van der Waals surface area contributed by atoms with Gasteiger partial charge in [0.25, 0.3) is 0 Å². The van der Waals surface area contributed by atoms with Crippen LogP contribution in [0.15, 0.2) is 60.9 Å². The number of carbonyl (C=O) groups excluding carboxylic acids is 1. The van der Waals surface area contributed by atoms with E-state index in [9.17, 15) is 18.0 Å². The molecule has 0 aliphatic carbocycles. The molecule has 0 saturated carbocycles. The van der Waals surface area contributed by atoms with E-state index in [0.717, 1.165) is 34.2 Å². The summed E-state index contributed by atoms with van der Waals surface area (Å²) >= 11 is 0. The van der Waals surface area contributed by atoms with E-state index in [0.29, 0.717) is 11.4 Å². The number of fused-ring (bicyclic) bond motifs is 1. The van der Waals surface area contributed by atoms with Gasteiger partial charge in [0.15, 0.2) is 0 Å². The summed E-state index contributed by atoms with van der Waals surface area (Å²) in [5.74, 6) is -0.855. The lowest BCUT2D eigenvalue weighted by Gasteiger charge is -2.08. The van der Waals surface area contributed by atoms with Crippen LogP contribution >= 0.6 is 0 Å². The highest BCUT2D eigenvalue weighted by molar-refractivity contribution is 5.93. The van der Waals surface area contributed by atoms with Crippen molar-refractivity contribution in [3.05, 3.63) is 72.1 Å². The maximum atomic E-state index is 12.7. The summed E-state index contributed by atoms with van der Waals surface area (Å²) in [6.45, 7) is 1.75. The number of alkyl halides is 3. The van der Waals surface area contributed by atoms with Crippen molar-refractivity contribution in [1.82, 2.24) is 14.8 Å². The van der Waals surface area contributed by atoms with Crippen LogP contribution in [-0.4, -0.2) is 20.7 Å². The Balaban J connectivity index is 1.68. The molecule has 0 aliphatic rings. The summed E-state index contributed by atoms with van der Waals surface area (Å²) < 4.78 is 39.7. The monoisotopic (exact) mass is 398 g/mol. The number of nitrogens with two attached hydrogens (primary N) is 1. The van der Waals surface area contributed by atoms with Crippen molar-refractivity contribution in [1.29, 1.82) is 0 Å². The molecule has 2 aromatic heterocycles. The van der Waals surface area contributed by atoms with Gasteiger partial charge in [0.2, 0.25) is 5.91 Å². The van der Waals surface area contributed by atoms with Gasteiger partial charge in [-0.25, -0.2) is 4.68 Å². The van der Waals surface area contributed by atoms with Gasteiger partial charge in [0.05, 0.1) is 22.9 Å². The summed E-state index contributed by atoms with van der Waals surface area (Å²) in [4.78, 5) is 14.7. The highest BCUT2D eigenvalue weighted by Gasteiger charge is 2.30. The molecule has 0 radical (unpaired) electrons. The van der Waals surface area contributed by atoms with Crippen LogP contribution in [0.2, 0.25) is 0 Å². The van der Waals surface area contributed by atoms with Crippen LogP contribution in [0.3, 0.4) is 0 Å². The van der Waals surface area contributed by atoms with Crippen molar-refractivity contribution in [2.75, 3.05) is 0 Å². The van der Waals surface area contributed by atoms with E-state index in [1.54, 1.807) is 25.4 Å². The van der Waals surface area contributed by atoms with Gasteiger partial charge in [0, 0.05) is 28.9 Å². The van der Waals surface area contributed by atoms with Crippen LogP contribution in [0.1, 0.15) is 24.0 Å². The number of H-pyrrole nitrogens is 1. The number of benzene rings is 2. The van der Waals surface area contributed by atoms with Crippen molar-refractivity contribution < 1.29 is 18.0 Å². The Labute approximate surface area is 164 Å². The fourth-order valence-electron chi connectivity index (χ4n) is 3.24. The molecule has 2 aromatic carbocycles. The van der Waals surface area contributed by atoms with Gasteiger partial charge in [0.1, 0.15) is 0 Å². The molecule has 5 nitrogen and oxygen atoms in total. The van der Waals surface area contributed by atoms with E-state index in [2.05, 4.69) is 10.1 Å². The molecule has 0 spiro atoms. The molecule has 0 saturated heterocycles. The lowest BCUT2D eigenvalue weighted by atomic mass is 9.98. The molecular weight excluding hydrogens is 381 g/mol. The van der Waals surface area contributed by atoms with Crippen molar-refractivity contribution >= 4 is 16.8 Å². The summed E-state index contributed by atoms with van der Waals surface area (Å²) in [5.41, 5.74) is 8.41. The third kappa shape index (κ3) is 3.49. The van der Waals surface area contributed by atoms with Crippen LogP contribution in [-0.2, 0) is 11.0 Å². The van der Waals surface area contributed by atoms with E-state index in [4.69, 9.17) is 5.73 Å². The molecule has 4 rings (SSSR count). The van der Waals surface area contributed by atoms with E-state index in [1.807, 2.05) is 18.2 Å². The van der Waals surface area contributed by atoms with E-state index in [-0.39, 0.29) is 0 Å². The number of amides is 1. The van der Waals surface area contributed by atoms with Crippen LogP contribution < -0.4 is 5.73 Å². The molecule has 8 heteroatoms. The van der Waals surface area contributed by atoms with Crippen molar-refractivity contribution in [3.63, 3.8) is 0 Å². The highest BCUT2D eigenvalue weighted by Crippen LogP contribution is 2.31. The zero-order chi connectivity index (χ0) is 20.8. The van der Waals surface area contributed by atoms with Gasteiger partial charge in [-0.2, -0.15) is 18.3 Å². The average molecular weight is 398 g/mol. The maximum absolute atomic E-state index is 12.7. The Bertz CT molecular complexity index is 1190. The first-order valence-corrected chi connectivity index (χ1v) is 8.88. The Hall–Kier alpha value is -3.55. The Morgan fingerprint density at radius 2 is 1.86 bits per heavy atom. The second-order valence-corrected chi connectivity index (χ2v) is 6.82. The predicted molar refractivity (Wildman–Crippen MR) is 103 cm³/mol. The first-order valence-electron chi connectivity index (χ1n) is 8.88. The Morgan fingerprint density at radius 1 is 1.14 bits per heavy atom. The van der Waals surface area contributed by atoms with E-state index >= 15 is 0 Å². The number of aromatic nitrogens is 3. The Kier molecular flexibility index (Phi) is 4.41. The maximum Gasteiger partial charge on any atom is 0.416 e. The third-order valence-corrected chi connectivity index (χ3v) is 4.95. The van der Waals surface area contributed by atoms with Crippen molar-refractivity contribution in [3.8, 4) is 16.9 Å². The molecular formula is C21H17F3N4O.